The lowest BCUT2D eigenvalue weighted by Gasteiger charge is -2.01. The first-order valence-electron chi connectivity index (χ1n) is 7.73. The van der Waals surface area contributed by atoms with Crippen LogP contribution in [0.2, 0.25) is 0 Å². The number of para-hydroxylation sites is 2. The molecule has 8 nitrogen and oxygen atoms in total. The summed E-state index contributed by atoms with van der Waals surface area (Å²) in [5.74, 6) is 0.704. The Morgan fingerprint density at radius 3 is 2.84 bits per heavy atom. The van der Waals surface area contributed by atoms with E-state index < -0.39 is 0 Å². The number of rotatable bonds is 4. The van der Waals surface area contributed by atoms with E-state index in [0.717, 1.165) is 16.7 Å². The van der Waals surface area contributed by atoms with E-state index in [1.807, 2.05) is 47.0 Å². The zero-order chi connectivity index (χ0) is 17.2. The van der Waals surface area contributed by atoms with Crippen molar-refractivity contribution in [2.24, 2.45) is 0 Å². The largest absolute Gasteiger partial charge is 0.314 e. The molecule has 0 fully saturated rings. The molecular weight excluding hydrogens is 320 g/mol. The van der Waals surface area contributed by atoms with Crippen LogP contribution in [0.3, 0.4) is 0 Å². The first-order valence-corrected chi connectivity index (χ1v) is 7.73. The molecule has 4 rings (SSSR count). The van der Waals surface area contributed by atoms with Crippen molar-refractivity contribution in [3.05, 3.63) is 54.4 Å². The van der Waals surface area contributed by atoms with Gasteiger partial charge in [-0.1, -0.05) is 18.2 Å². The Kier molecular flexibility index (Phi) is 3.70. The summed E-state index contributed by atoms with van der Waals surface area (Å²) in [5, 5.41) is 10.4. The molecule has 1 amide bonds. The molecule has 0 atom stereocenters. The number of benzene rings is 1. The van der Waals surface area contributed by atoms with Crippen molar-refractivity contribution >= 4 is 22.8 Å². The van der Waals surface area contributed by atoms with Crippen LogP contribution in [0.1, 0.15) is 12.6 Å². The van der Waals surface area contributed by atoms with Crippen LogP contribution in [-0.4, -0.2) is 26.2 Å². The summed E-state index contributed by atoms with van der Waals surface area (Å²) in [5.41, 5.74) is 3.25. The summed E-state index contributed by atoms with van der Waals surface area (Å²) >= 11 is 0. The molecule has 124 valence electrons. The maximum absolute atomic E-state index is 11.4. The van der Waals surface area contributed by atoms with Gasteiger partial charge in [-0.15, -0.1) is 0 Å². The van der Waals surface area contributed by atoms with E-state index in [4.69, 9.17) is 4.63 Å². The van der Waals surface area contributed by atoms with E-state index in [0.29, 0.717) is 18.1 Å². The van der Waals surface area contributed by atoms with Crippen LogP contribution in [0.15, 0.2) is 53.3 Å². The number of hydrogen-bond acceptors (Lipinski definition) is 5. The van der Waals surface area contributed by atoms with Gasteiger partial charge in [0.05, 0.1) is 5.69 Å². The summed E-state index contributed by atoms with van der Waals surface area (Å²) in [6, 6.07) is 13.7. The molecule has 0 unspecified atom stereocenters. The number of hydrogen-bond donors (Lipinski definition) is 2. The van der Waals surface area contributed by atoms with E-state index in [1.165, 1.54) is 6.92 Å². The normalized spacial score (nSPS) is 10.9. The highest BCUT2D eigenvalue weighted by atomic mass is 16.6. The highest BCUT2D eigenvalue weighted by Crippen LogP contribution is 2.23. The lowest BCUT2D eigenvalue weighted by atomic mass is 10.3. The molecule has 2 N–H and O–H groups in total. The van der Waals surface area contributed by atoms with Gasteiger partial charge in [-0.2, -0.15) is 0 Å². The number of H-pyrrole nitrogens is 1. The maximum atomic E-state index is 11.4. The van der Waals surface area contributed by atoms with Crippen LogP contribution in [-0.2, 0) is 11.3 Å². The molecule has 0 saturated carbocycles. The second-order valence-corrected chi connectivity index (χ2v) is 5.54. The topological polar surface area (TPSA) is 101 Å². The molecule has 8 heteroatoms. The number of aromatic amines is 1. The number of carbonyl (C=O) groups excluding carboxylic acids is 1. The molecule has 0 bridgehead atoms. The van der Waals surface area contributed by atoms with Crippen molar-refractivity contribution in [2.75, 3.05) is 5.32 Å². The first kappa shape index (κ1) is 15.0. The average Bonchev–Trinajstić information content (AvgIpc) is 3.20. The highest BCUT2D eigenvalue weighted by Gasteiger charge is 2.27. The Morgan fingerprint density at radius 1 is 1.20 bits per heavy atom. The van der Waals surface area contributed by atoms with Crippen LogP contribution < -0.4 is 9.88 Å². The predicted octanol–water partition coefficient (Wildman–Crippen LogP) is 1.91. The smallest absolute Gasteiger partial charge is 0.306 e. The van der Waals surface area contributed by atoms with Gasteiger partial charge in [-0.05, 0) is 34.6 Å². The predicted molar refractivity (Wildman–Crippen MR) is 89.4 cm³/mol. The number of aromatic nitrogens is 5. The van der Waals surface area contributed by atoms with Crippen molar-refractivity contribution in [2.45, 2.75) is 13.5 Å². The number of nitrogens with zero attached hydrogens (tertiary/aromatic N) is 4. The molecule has 3 aromatic heterocycles. The summed E-state index contributed by atoms with van der Waals surface area (Å²) in [6.45, 7) is 1.94. The molecule has 0 spiro atoms. The Hall–Kier alpha value is -3.55. The van der Waals surface area contributed by atoms with Crippen molar-refractivity contribution in [3.63, 3.8) is 0 Å². The molecule has 0 aliphatic heterocycles. The minimum absolute atomic E-state index is 0.246. The van der Waals surface area contributed by atoms with Gasteiger partial charge in [0.15, 0.2) is 11.0 Å². The Morgan fingerprint density at radius 2 is 2.04 bits per heavy atom. The Bertz CT molecular complexity index is 1040. The van der Waals surface area contributed by atoms with Crippen LogP contribution in [0.5, 0.6) is 0 Å². The zero-order valence-electron chi connectivity index (χ0n) is 13.4. The first-order chi connectivity index (χ1) is 12.2. The highest BCUT2D eigenvalue weighted by molar-refractivity contribution is 5.90. The number of carbonyl (C=O) groups is 1. The summed E-state index contributed by atoms with van der Waals surface area (Å²) < 4.78 is 6.87. The fraction of sp³-hybridized carbons (Fsp3) is 0.118. The number of imidazole rings is 1. The van der Waals surface area contributed by atoms with Crippen LogP contribution in [0.4, 0.5) is 5.82 Å². The number of fused-ring (bicyclic) bond motifs is 1. The van der Waals surface area contributed by atoms with Crippen LogP contribution in [0, 0.1) is 0 Å². The molecule has 3 heterocycles. The van der Waals surface area contributed by atoms with Gasteiger partial charge in [0.1, 0.15) is 6.54 Å². The molecule has 0 aliphatic carbocycles. The van der Waals surface area contributed by atoms with Gasteiger partial charge in [-0.3, -0.25) is 9.78 Å². The van der Waals surface area contributed by atoms with Gasteiger partial charge < -0.3 is 5.32 Å². The molecule has 4 aromatic rings. The van der Waals surface area contributed by atoms with Gasteiger partial charge in [0, 0.05) is 13.1 Å². The van der Waals surface area contributed by atoms with Crippen molar-refractivity contribution < 1.29 is 14.0 Å². The monoisotopic (exact) mass is 335 g/mol. The summed E-state index contributed by atoms with van der Waals surface area (Å²) in [6.07, 6.45) is 1.75. The summed E-state index contributed by atoms with van der Waals surface area (Å²) in [7, 11) is 0. The second-order valence-electron chi connectivity index (χ2n) is 5.54. The number of anilines is 1. The maximum Gasteiger partial charge on any atom is 0.314 e. The fourth-order valence-electron chi connectivity index (χ4n) is 2.73. The van der Waals surface area contributed by atoms with E-state index in [9.17, 15) is 4.79 Å². The van der Waals surface area contributed by atoms with Crippen molar-refractivity contribution in [1.29, 1.82) is 0 Å². The van der Waals surface area contributed by atoms with E-state index >= 15 is 0 Å². The van der Waals surface area contributed by atoms with E-state index in [1.54, 1.807) is 6.20 Å². The van der Waals surface area contributed by atoms with Crippen molar-refractivity contribution in [1.82, 2.24) is 20.3 Å². The quantitative estimate of drug-likeness (QED) is 0.555. The third kappa shape index (κ3) is 2.85. The Balaban J connectivity index is 1.88. The van der Waals surface area contributed by atoms with Gasteiger partial charge in [0.2, 0.25) is 17.4 Å². The third-order valence-corrected chi connectivity index (χ3v) is 3.77. The minimum atomic E-state index is -0.246. The second kappa shape index (κ2) is 6.16. The van der Waals surface area contributed by atoms with Gasteiger partial charge in [0.25, 0.3) is 0 Å². The molecule has 0 aliphatic rings. The standard InChI is InChI=1S/C17H14N6O2/c1-11(24)19-16-15(21-25-22-16)17-20-13-7-2-3-8-14(13)23(17)10-12-6-4-5-9-18-12/h2-9H,10H2,1H3,(H,19,22,24)/p+1. The number of pyridine rings is 1. The molecule has 25 heavy (non-hydrogen) atoms. The van der Waals surface area contributed by atoms with Gasteiger partial charge >= 0.3 is 5.82 Å². The SMILES string of the molecule is CC(=O)Nc1nonc1-c1[nH]c2ccccc2[n+]1Cc1ccccn1. The molecule has 0 radical (unpaired) electrons. The molecular formula is C17H15N6O2+. The van der Waals surface area contributed by atoms with E-state index in [-0.39, 0.29) is 11.7 Å². The van der Waals surface area contributed by atoms with Crippen LogP contribution >= 0.6 is 0 Å². The lowest BCUT2D eigenvalue weighted by molar-refractivity contribution is -0.651. The van der Waals surface area contributed by atoms with Crippen molar-refractivity contribution in [3.8, 4) is 11.5 Å². The van der Waals surface area contributed by atoms with E-state index in [2.05, 4.69) is 25.6 Å². The molecule has 1 aromatic carbocycles. The average molecular weight is 335 g/mol. The number of nitrogens with one attached hydrogen (secondary N) is 2. The fourth-order valence-corrected chi connectivity index (χ4v) is 2.73. The summed E-state index contributed by atoms with van der Waals surface area (Å²) in [4.78, 5) is 19.1. The minimum Gasteiger partial charge on any atom is -0.306 e. The number of amides is 1. The molecule has 0 saturated heterocycles. The van der Waals surface area contributed by atoms with Crippen LogP contribution in [0.25, 0.3) is 22.6 Å². The van der Waals surface area contributed by atoms with Gasteiger partial charge in [-0.25, -0.2) is 14.2 Å². The zero-order valence-corrected chi connectivity index (χ0v) is 13.4. The third-order valence-electron chi connectivity index (χ3n) is 3.77. The Labute approximate surface area is 142 Å². The lowest BCUT2D eigenvalue weighted by Crippen LogP contribution is -2.36.